The van der Waals surface area contributed by atoms with Crippen molar-refractivity contribution in [2.75, 3.05) is 0 Å². The summed E-state index contributed by atoms with van der Waals surface area (Å²) >= 11 is 0. The van der Waals surface area contributed by atoms with Crippen LogP contribution in [-0.2, 0) is 0 Å². The van der Waals surface area contributed by atoms with Crippen LogP contribution in [0.4, 0.5) is 0 Å². The average molecular weight is 623 g/mol. The number of fused-ring (bicyclic) bond motifs is 6. The van der Waals surface area contributed by atoms with Crippen LogP contribution in [0.2, 0.25) is 0 Å². The SMILES string of the molecule is c1ccc(-c2ccccc2-c2cccc3ccc(-c4c5ccccc5c(-c5ccc6c(c5)oc5ccccc56)c5ccccc45)cc23)cc1. The van der Waals surface area contributed by atoms with Crippen LogP contribution in [-0.4, -0.2) is 0 Å². The molecule has 0 aliphatic heterocycles. The molecule has 1 nitrogen and oxygen atoms in total. The minimum atomic E-state index is 0.911. The highest BCUT2D eigenvalue weighted by Crippen LogP contribution is 2.46. The van der Waals surface area contributed by atoms with Crippen LogP contribution < -0.4 is 0 Å². The van der Waals surface area contributed by atoms with Gasteiger partial charge >= 0.3 is 0 Å². The molecule has 0 atom stereocenters. The normalized spacial score (nSPS) is 11.7. The Balaban J connectivity index is 1.22. The first kappa shape index (κ1) is 27.7. The fraction of sp³-hybridized carbons (Fsp3) is 0. The lowest BCUT2D eigenvalue weighted by atomic mass is 9.84. The summed E-state index contributed by atoms with van der Waals surface area (Å²) in [6.07, 6.45) is 0. The van der Waals surface area contributed by atoms with Crippen LogP contribution in [0.25, 0.3) is 98.8 Å². The molecule has 0 aliphatic carbocycles. The van der Waals surface area contributed by atoms with E-state index >= 15 is 0 Å². The predicted octanol–water partition coefficient (Wildman–Crippen LogP) is 13.7. The van der Waals surface area contributed by atoms with Gasteiger partial charge in [-0.1, -0.05) is 158 Å². The summed E-state index contributed by atoms with van der Waals surface area (Å²) in [5.41, 5.74) is 11.6. The van der Waals surface area contributed by atoms with E-state index in [1.807, 2.05) is 12.1 Å². The molecular formula is C48H30O. The Morgan fingerprint density at radius 2 is 0.796 bits per heavy atom. The van der Waals surface area contributed by atoms with Crippen molar-refractivity contribution in [1.82, 2.24) is 0 Å². The molecule has 49 heavy (non-hydrogen) atoms. The Labute approximate surface area is 284 Å². The van der Waals surface area contributed by atoms with Crippen molar-refractivity contribution in [2.24, 2.45) is 0 Å². The van der Waals surface area contributed by atoms with Gasteiger partial charge in [-0.2, -0.15) is 0 Å². The lowest BCUT2D eigenvalue weighted by Gasteiger charge is -2.19. The molecule has 10 rings (SSSR count). The van der Waals surface area contributed by atoms with Crippen LogP contribution in [0.1, 0.15) is 0 Å². The molecule has 9 aromatic carbocycles. The minimum absolute atomic E-state index is 0.911. The van der Waals surface area contributed by atoms with Gasteiger partial charge in [0, 0.05) is 10.8 Å². The molecular weight excluding hydrogens is 593 g/mol. The zero-order valence-corrected chi connectivity index (χ0v) is 26.7. The maximum atomic E-state index is 6.36. The molecule has 1 heterocycles. The highest BCUT2D eigenvalue weighted by molar-refractivity contribution is 6.22. The van der Waals surface area contributed by atoms with Crippen molar-refractivity contribution in [3.63, 3.8) is 0 Å². The van der Waals surface area contributed by atoms with Gasteiger partial charge in [0.1, 0.15) is 11.2 Å². The van der Waals surface area contributed by atoms with Crippen molar-refractivity contribution >= 4 is 54.3 Å². The van der Waals surface area contributed by atoms with E-state index in [9.17, 15) is 0 Å². The van der Waals surface area contributed by atoms with E-state index < -0.39 is 0 Å². The summed E-state index contributed by atoms with van der Waals surface area (Å²) < 4.78 is 6.36. The van der Waals surface area contributed by atoms with E-state index in [1.54, 1.807) is 0 Å². The molecule has 0 N–H and O–H groups in total. The van der Waals surface area contributed by atoms with Gasteiger partial charge in [-0.15, -0.1) is 0 Å². The van der Waals surface area contributed by atoms with Gasteiger partial charge in [0.15, 0.2) is 0 Å². The lowest BCUT2D eigenvalue weighted by Crippen LogP contribution is -1.91. The Bertz CT molecular complexity index is 2820. The van der Waals surface area contributed by atoms with Gasteiger partial charge in [-0.25, -0.2) is 0 Å². The van der Waals surface area contributed by atoms with E-state index in [0.717, 1.165) is 27.5 Å². The summed E-state index contributed by atoms with van der Waals surface area (Å²) in [4.78, 5) is 0. The van der Waals surface area contributed by atoms with Crippen molar-refractivity contribution < 1.29 is 4.42 Å². The maximum absolute atomic E-state index is 6.36. The van der Waals surface area contributed by atoms with Gasteiger partial charge in [0.2, 0.25) is 0 Å². The largest absolute Gasteiger partial charge is 0.456 e. The number of hydrogen-bond acceptors (Lipinski definition) is 1. The van der Waals surface area contributed by atoms with Gasteiger partial charge < -0.3 is 4.42 Å². The molecule has 228 valence electrons. The monoisotopic (exact) mass is 622 g/mol. The van der Waals surface area contributed by atoms with Crippen LogP contribution in [0.5, 0.6) is 0 Å². The van der Waals surface area contributed by atoms with Crippen molar-refractivity contribution in [1.29, 1.82) is 0 Å². The van der Waals surface area contributed by atoms with E-state index in [4.69, 9.17) is 4.42 Å². The van der Waals surface area contributed by atoms with E-state index in [1.165, 1.54) is 71.3 Å². The highest BCUT2D eigenvalue weighted by atomic mass is 16.3. The fourth-order valence-electron chi connectivity index (χ4n) is 7.88. The zero-order valence-electron chi connectivity index (χ0n) is 26.7. The fourth-order valence-corrected chi connectivity index (χ4v) is 7.88. The molecule has 0 spiro atoms. The molecule has 10 aromatic rings. The van der Waals surface area contributed by atoms with E-state index in [-0.39, 0.29) is 0 Å². The van der Waals surface area contributed by atoms with Crippen LogP contribution >= 0.6 is 0 Å². The first-order chi connectivity index (χ1) is 24.3. The second kappa shape index (κ2) is 11.1. The third-order valence-corrected chi connectivity index (χ3v) is 10.1. The summed E-state index contributed by atoms with van der Waals surface area (Å²) in [6.45, 7) is 0. The Morgan fingerprint density at radius 3 is 1.51 bits per heavy atom. The Hall–Kier alpha value is -6.44. The van der Waals surface area contributed by atoms with E-state index in [0.29, 0.717) is 0 Å². The first-order valence-corrected chi connectivity index (χ1v) is 16.8. The molecule has 0 unspecified atom stereocenters. The standard InChI is InChI=1S/C48H30O/c1-2-13-31(14-3-1)35-16-4-5-17-36(35)37-23-12-15-32-25-26-33(29-44(32)37)47-40-19-6-8-21-42(40)48(43-22-9-7-20-41(43)47)34-27-28-39-38-18-10-11-24-45(38)49-46(39)30-34/h1-30H. The number of para-hydroxylation sites is 1. The minimum Gasteiger partial charge on any atom is -0.456 e. The van der Waals surface area contributed by atoms with Gasteiger partial charge in [-0.3, -0.25) is 0 Å². The van der Waals surface area contributed by atoms with Gasteiger partial charge in [-0.05, 0) is 101 Å². The Morgan fingerprint density at radius 1 is 0.265 bits per heavy atom. The smallest absolute Gasteiger partial charge is 0.136 e. The van der Waals surface area contributed by atoms with Gasteiger partial charge in [0.05, 0.1) is 0 Å². The molecule has 0 saturated carbocycles. The van der Waals surface area contributed by atoms with Crippen LogP contribution in [0, 0.1) is 0 Å². The average Bonchev–Trinajstić information content (AvgIpc) is 3.55. The zero-order chi connectivity index (χ0) is 32.3. The second-order valence-corrected chi connectivity index (χ2v) is 12.8. The molecule has 0 radical (unpaired) electrons. The topological polar surface area (TPSA) is 13.1 Å². The van der Waals surface area contributed by atoms with Crippen molar-refractivity contribution in [2.45, 2.75) is 0 Å². The maximum Gasteiger partial charge on any atom is 0.136 e. The molecule has 0 amide bonds. The number of rotatable bonds is 4. The third kappa shape index (κ3) is 4.40. The molecule has 1 heteroatoms. The van der Waals surface area contributed by atoms with E-state index in [2.05, 4.69) is 170 Å². The summed E-state index contributed by atoms with van der Waals surface area (Å²) in [7, 11) is 0. The highest BCUT2D eigenvalue weighted by Gasteiger charge is 2.19. The molecule has 0 aliphatic rings. The molecule has 0 bridgehead atoms. The molecule has 0 saturated heterocycles. The quantitative estimate of drug-likeness (QED) is 0.178. The number of hydrogen-bond donors (Lipinski definition) is 0. The van der Waals surface area contributed by atoms with Crippen molar-refractivity contribution in [3.8, 4) is 44.5 Å². The summed E-state index contributed by atoms with van der Waals surface area (Å²) in [5.74, 6) is 0. The first-order valence-electron chi connectivity index (χ1n) is 16.8. The lowest BCUT2D eigenvalue weighted by molar-refractivity contribution is 0.669. The Kier molecular flexibility index (Phi) is 6.25. The third-order valence-electron chi connectivity index (χ3n) is 10.1. The number of furan rings is 1. The summed E-state index contributed by atoms with van der Waals surface area (Å²) in [5, 5.41) is 9.71. The predicted molar refractivity (Wildman–Crippen MR) is 208 cm³/mol. The summed E-state index contributed by atoms with van der Waals surface area (Å²) in [6, 6.07) is 65.8. The molecule has 1 aromatic heterocycles. The van der Waals surface area contributed by atoms with Crippen LogP contribution in [0.3, 0.4) is 0 Å². The van der Waals surface area contributed by atoms with Crippen LogP contribution in [0.15, 0.2) is 186 Å². The second-order valence-electron chi connectivity index (χ2n) is 12.8. The van der Waals surface area contributed by atoms with Crippen molar-refractivity contribution in [3.05, 3.63) is 182 Å². The number of benzene rings is 9. The van der Waals surface area contributed by atoms with Gasteiger partial charge in [0.25, 0.3) is 0 Å². The molecule has 0 fully saturated rings.